The van der Waals surface area contributed by atoms with E-state index in [4.69, 9.17) is 4.98 Å². The molecule has 0 aromatic carbocycles. The number of aromatic nitrogens is 3. The maximum atomic E-state index is 4.79. The summed E-state index contributed by atoms with van der Waals surface area (Å²) in [5.74, 6) is 1.20. The van der Waals surface area contributed by atoms with Crippen LogP contribution in [0.2, 0.25) is 0 Å². The molecule has 4 heteroatoms. The molecule has 3 rings (SSSR count). The summed E-state index contributed by atoms with van der Waals surface area (Å²) >= 11 is 0. The van der Waals surface area contributed by atoms with Gasteiger partial charge in [0, 0.05) is 25.2 Å². The van der Waals surface area contributed by atoms with Gasteiger partial charge in [0.2, 0.25) is 0 Å². The zero-order valence-corrected chi connectivity index (χ0v) is 11.8. The quantitative estimate of drug-likeness (QED) is 0.845. The molecule has 4 nitrogen and oxygen atoms in total. The molecule has 102 valence electrons. The number of fused-ring (bicyclic) bond motifs is 1. The number of imidazole rings is 1. The molecule has 1 saturated heterocycles. The van der Waals surface area contributed by atoms with Crippen LogP contribution in [0.1, 0.15) is 32.5 Å². The number of pyridine rings is 1. The Balaban J connectivity index is 1.92. The molecule has 1 aliphatic heterocycles. The third-order valence-corrected chi connectivity index (χ3v) is 4.22. The topological polar surface area (TPSA) is 34.0 Å². The molecule has 0 saturated carbocycles. The number of nitrogens with zero attached hydrogens (tertiary/aromatic N) is 4. The van der Waals surface area contributed by atoms with Crippen molar-refractivity contribution in [2.75, 3.05) is 13.1 Å². The number of hydrogen-bond acceptors (Lipinski definition) is 3. The SMILES string of the molecule is CCN1CCCC1Cc1nc2cccnc2n1CC. The number of likely N-dealkylation sites (tertiary alicyclic amines) is 1. The number of likely N-dealkylation sites (N-methyl/N-ethyl adjacent to an activating group) is 1. The van der Waals surface area contributed by atoms with Gasteiger partial charge in [0.25, 0.3) is 0 Å². The van der Waals surface area contributed by atoms with E-state index in [0.29, 0.717) is 6.04 Å². The molecule has 0 aliphatic carbocycles. The van der Waals surface area contributed by atoms with Gasteiger partial charge in [-0.2, -0.15) is 0 Å². The van der Waals surface area contributed by atoms with Crippen LogP contribution in [-0.4, -0.2) is 38.6 Å². The first-order valence-electron chi connectivity index (χ1n) is 7.37. The van der Waals surface area contributed by atoms with Gasteiger partial charge in [-0.3, -0.25) is 0 Å². The first-order valence-corrected chi connectivity index (χ1v) is 7.37. The number of rotatable bonds is 4. The van der Waals surface area contributed by atoms with Crippen LogP contribution in [0.4, 0.5) is 0 Å². The highest BCUT2D eigenvalue weighted by atomic mass is 15.2. The summed E-state index contributed by atoms with van der Waals surface area (Å²) in [6.07, 6.45) is 5.53. The third kappa shape index (κ3) is 2.25. The van der Waals surface area contributed by atoms with Crippen molar-refractivity contribution < 1.29 is 0 Å². The third-order valence-electron chi connectivity index (χ3n) is 4.22. The van der Waals surface area contributed by atoms with E-state index in [-0.39, 0.29) is 0 Å². The average Bonchev–Trinajstić information content (AvgIpc) is 3.02. The minimum Gasteiger partial charge on any atom is -0.313 e. The highest BCUT2D eigenvalue weighted by molar-refractivity contribution is 5.71. The molecule has 0 radical (unpaired) electrons. The van der Waals surface area contributed by atoms with Crippen molar-refractivity contribution >= 4 is 11.2 Å². The molecule has 2 aromatic rings. The Hall–Kier alpha value is -1.42. The van der Waals surface area contributed by atoms with Crippen LogP contribution in [0.3, 0.4) is 0 Å². The maximum absolute atomic E-state index is 4.79. The van der Waals surface area contributed by atoms with E-state index in [1.54, 1.807) is 0 Å². The van der Waals surface area contributed by atoms with E-state index >= 15 is 0 Å². The molecule has 0 bridgehead atoms. The fraction of sp³-hybridized carbons (Fsp3) is 0.600. The highest BCUT2D eigenvalue weighted by Gasteiger charge is 2.25. The van der Waals surface area contributed by atoms with Crippen molar-refractivity contribution in [3.8, 4) is 0 Å². The van der Waals surface area contributed by atoms with Crippen LogP contribution in [-0.2, 0) is 13.0 Å². The summed E-state index contributed by atoms with van der Waals surface area (Å²) in [4.78, 5) is 11.8. The lowest BCUT2D eigenvalue weighted by Crippen LogP contribution is -2.31. The van der Waals surface area contributed by atoms with Gasteiger partial charge in [0.05, 0.1) is 0 Å². The van der Waals surface area contributed by atoms with Crippen molar-refractivity contribution in [1.29, 1.82) is 0 Å². The van der Waals surface area contributed by atoms with Crippen molar-refractivity contribution in [2.45, 2.75) is 45.7 Å². The maximum Gasteiger partial charge on any atom is 0.159 e. The number of aryl methyl sites for hydroxylation is 1. The Kier molecular flexibility index (Phi) is 3.51. The molecule has 1 fully saturated rings. The fourth-order valence-electron chi connectivity index (χ4n) is 3.25. The lowest BCUT2D eigenvalue weighted by molar-refractivity contribution is 0.262. The predicted octanol–water partition coefficient (Wildman–Crippen LogP) is 2.48. The Morgan fingerprint density at radius 1 is 1.32 bits per heavy atom. The molecule has 1 unspecified atom stereocenters. The summed E-state index contributed by atoms with van der Waals surface area (Å²) in [5.41, 5.74) is 2.06. The lowest BCUT2D eigenvalue weighted by atomic mass is 10.1. The second-order valence-corrected chi connectivity index (χ2v) is 5.25. The van der Waals surface area contributed by atoms with Gasteiger partial charge in [0.1, 0.15) is 11.3 Å². The summed E-state index contributed by atoms with van der Waals surface area (Å²) in [7, 11) is 0. The fourth-order valence-corrected chi connectivity index (χ4v) is 3.25. The van der Waals surface area contributed by atoms with E-state index in [1.165, 1.54) is 25.2 Å². The Morgan fingerprint density at radius 3 is 3.00 bits per heavy atom. The number of hydrogen-bond donors (Lipinski definition) is 0. The zero-order valence-electron chi connectivity index (χ0n) is 11.8. The van der Waals surface area contributed by atoms with Crippen LogP contribution < -0.4 is 0 Å². The Labute approximate surface area is 114 Å². The van der Waals surface area contributed by atoms with Crippen LogP contribution in [0.5, 0.6) is 0 Å². The standard InChI is InChI=1S/C15H22N4/c1-3-18-10-6-7-12(18)11-14-17-13-8-5-9-16-15(13)19(14)4-2/h5,8-9,12H,3-4,6-7,10-11H2,1-2H3. The van der Waals surface area contributed by atoms with Gasteiger partial charge in [-0.25, -0.2) is 9.97 Å². The van der Waals surface area contributed by atoms with Crippen LogP contribution in [0.25, 0.3) is 11.2 Å². The molecular formula is C15H22N4. The van der Waals surface area contributed by atoms with Gasteiger partial charge in [0.15, 0.2) is 5.65 Å². The van der Waals surface area contributed by atoms with Gasteiger partial charge in [-0.15, -0.1) is 0 Å². The van der Waals surface area contributed by atoms with Gasteiger partial charge in [-0.05, 0) is 45.0 Å². The lowest BCUT2D eigenvalue weighted by Gasteiger charge is -2.22. The summed E-state index contributed by atoms with van der Waals surface area (Å²) in [6.45, 7) is 7.76. The Morgan fingerprint density at radius 2 is 2.21 bits per heavy atom. The van der Waals surface area contributed by atoms with Crippen LogP contribution >= 0.6 is 0 Å². The second-order valence-electron chi connectivity index (χ2n) is 5.25. The molecule has 0 N–H and O–H groups in total. The minimum atomic E-state index is 0.659. The molecule has 19 heavy (non-hydrogen) atoms. The Bertz CT molecular complexity index is 560. The molecule has 1 atom stereocenters. The van der Waals surface area contributed by atoms with E-state index in [2.05, 4.69) is 34.4 Å². The van der Waals surface area contributed by atoms with E-state index in [9.17, 15) is 0 Å². The van der Waals surface area contributed by atoms with Gasteiger partial charge in [-0.1, -0.05) is 6.92 Å². The molecule has 0 amide bonds. The van der Waals surface area contributed by atoms with E-state index in [1.807, 2.05) is 12.3 Å². The smallest absolute Gasteiger partial charge is 0.159 e. The van der Waals surface area contributed by atoms with E-state index < -0.39 is 0 Å². The molecule has 2 aromatic heterocycles. The van der Waals surface area contributed by atoms with Crippen molar-refractivity contribution in [3.05, 3.63) is 24.2 Å². The minimum absolute atomic E-state index is 0.659. The molecule has 1 aliphatic rings. The van der Waals surface area contributed by atoms with Crippen molar-refractivity contribution in [2.24, 2.45) is 0 Å². The first-order chi connectivity index (χ1) is 9.33. The summed E-state index contributed by atoms with van der Waals surface area (Å²) < 4.78 is 2.27. The first kappa shape index (κ1) is 12.6. The summed E-state index contributed by atoms with van der Waals surface area (Å²) in [6, 6.07) is 4.68. The largest absolute Gasteiger partial charge is 0.313 e. The predicted molar refractivity (Wildman–Crippen MR) is 77.2 cm³/mol. The second kappa shape index (κ2) is 5.29. The zero-order chi connectivity index (χ0) is 13.2. The average molecular weight is 258 g/mol. The van der Waals surface area contributed by atoms with E-state index in [0.717, 1.165) is 30.7 Å². The summed E-state index contributed by atoms with van der Waals surface area (Å²) in [5, 5.41) is 0. The van der Waals surface area contributed by atoms with Crippen molar-refractivity contribution in [1.82, 2.24) is 19.4 Å². The normalized spacial score (nSPS) is 20.4. The van der Waals surface area contributed by atoms with Gasteiger partial charge >= 0.3 is 0 Å². The van der Waals surface area contributed by atoms with Crippen LogP contribution in [0, 0.1) is 0 Å². The molecular weight excluding hydrogens is 236 g/mol. The highest BCUT2D eigenvalue weighted by Crippen LogP contribution is 2.22. The monoisotopic (exact) mass is 258 g/mol. The van der Waals surface area contributed by atoms with Crippen LogP contribution in [0.15, 0.2) is 18.3 Å². The van der Waals surface area contributed by atoms with Gasteiger partial charge < -0.3 is 9.47 Å². The van der Waals surface area contributed by atoms with Crippen molar-refractivity contribution in [3.63, 3.8) is 0 Å². The molecule has 3 heterocycles. The molecule has 0 spiro atoms.